The standard InChI is InChI=1S/C14H29N3O3S/c1-4-9-21(19,20)17-7-5-12(6-8-17)16-14(18)13(10-15)11(2)3/h11-13H,4-10,15H2,1-3H3,(H,16,18). The number of hydrogen-bond donors (Lipinski definition) is 2. The van der Waals surface area contributed by atoms with E-state index in [1.807, 2.05) is 20.8 Å². The number of nitrogens with one attached hydrogen (secondary N) is 1. The topological polar surface area (TPSA) is 92.5 Å². The number of carbonyl (C=O) groups is 1. The Labute approximate surface area is 128 Å². The minimum Gasteiger partial charge on any atom is -0.353 e. The van der Waals surface area contributed by atoms with Gasteiger partial charge in [-0.2, -0.15) is 0 Å². The third-order valence-electron chi connectivity index (χ3n) is 4.05. The smallest absolute Gasteiger partial charge is 0.224 e. The molecule has 21 heavy (non-hydrogen) atoms. The first-order valence-corrected chi connectivity index (χ1v) is 9.41. The summed E-state index contributed by atoms with van der Waals surface area (Å²) in [6, 6.07) is 0.0541. The fraction of sp³-hybridized carbons (Fsp3) is 0.929. The zero-order valence-corrected chi connectivity index (χ0v) is 14.2. The largest absolute Gasteiger partial charge is 0.353 e. The van der Waals surface area contributed by atoms with Gasteiger partial charge < -0.3 is 11.1 Å². The van der Waals surface area contributed by atoms with Crippen LogP contribution >= 0.6 is 0 Å². The quantitative estimate of drug-likeness (QED) is 0.716. The Morgan fingerprint density at radius 3 is 2.33 bits per heavy atom. The molecule has 0 bridgehead atoms. The van der Waals surface area contributed by atoms with Gasteiger partial charge in [-0.15, -0.1) is 0 Å². The summed E-state index contributed by atoms with van der Waals surface area (Å²) in [5.74, 6) is 0.223. The molecule has 0 saturated carbocycles. The lowest BCUT2D eigenvalue weighted by molar-refractivity contribution is -0.126. The van der Waals surface area contributed by atoms with E-state index in [9.17, 15) is 13.2 Å². The SMILES string of the molecule is CCCS(=O)(=O)N1CCC(NC(=O)C(CN)C(C)C)CC1. The molecule has 1 fully saturated rings. The van der Waals surface area contributed by atoms with E-state index in [2.05, 4.69) is 5.32 Å². The van der Waals surface area contributed by atoms with E-state index in [4.69, 9.17) is 5.73 Å². The first-order valence-electron chi connectivity index (χ1n) is 7.80. The molecule has 1 unspecified atom stereocenters. The zero-order valence-electron chi connectivity index (χ0n) is 13.3. The number of carbonyl (C=O) groups excluding carboxylic acids is 1. The van der Waals surface area contributed by atoms with Gasteiger partial charge in [0.1, 0.15) is 0 Å². The Morgan fingerprint density at radius 1 is 1.33 bits per heavy atom. The molecule has 0 radical (unpaired) electrons. The van der Waals surface area contributed by atoms with Crippen molar-refractivity contribution < 1.29 is 13.2 Å². The van der Waals surface area contributed by atoms with Gasteiger partial charge in [0.05, 0.1) is 11.7 Å². The van der Waals surface area contributed by atoms with Crippen molar-refractivity contribution in [3.8, 4) is 0 Å². The van der Waals surface area contributed by atoms with Gasteiger partial charge in [0.15, 0.2) is 0 Å². The third-order valence-corrected chi connectivity index (χ3v) is 6.13. The molecule has 0 aromatic heterocycles. The fourth-order valence-electron chi connectivity index (χ4n) is 2.66. The van der Waals surface area contributed by atoms with Crippen LogP contribution in [0.3, 0.4) is 0 Å². The number of piperidine rings is 1. The summed E-state index contributed by atoms with van der Waals surface area (Å²) in [6.07, 6.45) is 1.97. The molecule has 1 saturated heterocycles. The highest BCUT2D eigenvalue weighted by molar-refractivity contribution is 7.89. The van der Waals surface area contributed by atoms with Gasteiger partial charge in [0.2, 0.25) is 15.9 Å². The van der Waals surface area contributed by atoms with E-state index < -0.39 is 10.0 Å². The molecular formula is C14H29N3O3S. The Bertz CT molecular complexity index is 429. The maximum atomic E-state index is 12.1. The molecule has 1 rings (SSSR count). The Kier molecular flexibility index (Phi) is 7.09. The van der Waals surface area contributed by atoms with E-state index in [1.165, 1.54) is 0 Å². The van der Waals surface area contributed by atoms with Crippen LogP contribution in [0.4, 0.5) is 0 Å². The van der Waals surface area contributed by atoms with Gasteiger partial charge in [-0.1, -0.05) is 20.8 Å². The number of sulfonamides is 1. The predicted octanol–water partition coefficient (Wildman–Crippen LogP) is 0.538. The molecule has 0 aromatic carbocycles. The summed E-state index contributed by atoms with van der Waals surface area (Å²) in [6.45, 7) is 7.15. The molecule has 0 spiro atoms. The second kappa shape index (κ2) is 8.10. The number of nitrogens with two attached hydrogens (primary N) is 1. The minimum absolute atomic E-state index is 0.0117. The summed E-state index contributed by atoms with van der Waals surface area (Å²) >= 11 is 0. The van der Waals surface area contributed by atoms with Gasteiger partial charge in [-0.05, 0) is 25.2 Å². The predicted molar refractivity (Wildman–Crippen MR) is 84.2 cm³/mol. The molecule has 1 amide bonds. The Hall–Kier alpha value is -0.660. The highest BCUT2D eigenvalue weighted by Crippen LogP contribution is 2.16. The average molecular weight is 319 g/mol. The first-order chi connectivity index (χ1) is 9.81. The summed E-state index contributed by atoms with van der Waals surface area (Å²) in [5.41, 5.74) is 5.64. The van der Waals surface area contributed by atoms with Crippen molar-refractivity contribution in [3.63, 3.8) is 0 Å². The van der Waals surface area contributed by atoms with Crippen LogP contribution in [0, 0.1) is 11.8 Å². The minimum atomic E-state index is -3.12. The lowest BCUT2D eigenvalue weighted by atomic mass is 9.94. The second-order valence-corrected chi connectivity index (χ2v) is 8.17. The van der Waals surface area contributed by atoms with Gasteiger partial charge in [0, 0.05) is 25.7 Å². The van der Waals surface area contributed by atoms with Crippen LogP contribution in [0.5, 0.6) is 0 Å². The highest BCUT2D eigenvalue weighted by atomic mass is 32.2. The van der Waals surface area contributed by atoms with Crippen LogP contribution in [0.2, 0.25) is 0 Å². The van der Waals surface area contributed by atoms with E-state index >= 15 is 0 Å². The Balaban J connectivity index is 2.49. The van der Waals surface area contributed by atoms with Gasteiger partial charge in [0.25, 0.3) is 0 Å². The molecule has 6 nitrogen and oxygen atoms in total. The lowest BCUT2D eigenvalue weighted by Crippen LogP contribution is -2.49. The normalized spacial score (nSPS) is 19.7. The molecule has 0 aromatic rings. The number of rotatable bonds is 7. The van der Waals surface area contributed by atoms with E-state index in [0.717, 1.165) is 0 Å². The lowest BCUT2D eigenvalue weighted by Gasteiger charge is -2.32. The van der Waals surface area contributed by atoms with Gasteiger partial charge in [-0.3, -0.25) is 4.79 Å². The van der Waals surface area contributed by atoms with E-state index in [0.29, 0.717) is 38.9 Å². The molecular weight excluding hydrogens is 290 g/mol. The number of hydrogen-bond acceptors (Lipinski definition) is 4. The van der Waals surface area contributed by atoms with Crippen molar-refractivity contribution in [1.29, 1.82) is 0 Å². The number of nitrogens with zero attached hydrogens (tertiary/aromatic N) is 1. The summed E-state index contributed by atoms with van der Waals surface area (Å²) in [4.78, 5) is 12.1. The van der Waals surface area contributed by atoms with Crippen LogP contribution in [0.25, 0.3) is 0 Å². The van der Waals surface area contributed by atoms with Crippen molar-refractivity contribution in [2.45, 2.75) is 46.1 Å². The highest BCUT2D eigenvalue weighted by Gasteiger charge is 2.29. The van der Waals surface area contributed by atoms with E-state index in [1.54, 1.807) is 4.31 Å². The molecule has 3 N–H and O–H groups in total. The van der Waals surface area contributed by atoms with Crippen LogP contribution in [0.1, 0.15) is 40.0 Å². The molecule has 1 atom stereocenters. The van der Waals surface area contributed by atoms with Crippen molar-refractivity contribution in [2.24, 2.45) is 17.6 Å². The van der Waals surface area contributed by atoms with Crippen LogP contribution in [-0.4, -0.2) is 50.1 Å². The van der Waals surface area contributed by atoms with Crippen molar-refractivity contribution in [3.05, 3.63) is 0 Å². The van der Waals surface area contributed by atoms with E-state index in [-0.39, 0.29) is 29.5 Å². The van der Waals surface area contributed by atoms with Crippen molar-refractivity contribution >= 4 is 15.9 Å². The maximum Gasteiger partial charge on any atom is 0.224 e. The number of amides is 1. The molecule has 1 heterocycles. The van der Waals surface area contributed by atoms with Crippen molar-refractivity contribution in [1.82, 2.24) is 9.62 Å². The van der Waals surface area contributed by atoms with Crippen molar-refractivity contribution in [2.75, 3.05) is 25.4 Å². The third kappa shape index (κ3) is 5.23. The molecule has 7 heteroatoms. The Morgan fingerprint density at radius 2 is 1.90 bits per heavy atom. The van der Waals surface area contributed by atoms with Crippen LogP contribution in [0.15, 0.2) is 0 Å². The average Bonchev–Trinajstić information content (AvgIpc) is 2.39. The van der Waals surface area contributed by atoms with Gasteiger partial charge >= 0.3 is 0 Å². The van der Waals surface area contributed by atoms with Gasteiger partial charge in [-0.25, -0.2) is 12.7 Å². The van der Waals surface area contributed by atoms with Crippen LogP contribution < -0.4 is 11.1 Å². The first kappa shape index (κ1) is 18.4. The fourth-order valence-corrected chi connectivity index (χ4v) is 4.20. The summed E-state index contributed by atoms with van der Waals surface area (Å²) in [7, 11) is -3.12. The molecule has 1 aliphatic heterocycles. The summed E-state index contributed by atoms with van der Waals surface area (Å²) < 4.78 is 25.5. The molecule has 0 aliphatic carbocycles. The second-order valence-electron chi connectivity index (χ2n) is 6.08. The summed E-state index contributed by atoms with van der Waals surface area (Å²) in [5, 5.41) is 3.01. The monoisotopic (exact) mass is 319 g/mol. The van der Waals surface area contributed by atoms with Crippen LogP contribution in [-0.2, 0) is 14.8 Å². The zero-order chi connectivity index (χ0) is 16.0. The molecule has 124 valence electrons. The maximum absolute atomic E-state index is 12.1. The molecule has 1 aliphatic rings.